The van der Waals surface area contributed by atoms with Gasteiger partial charge in [0.2, 0.25) is 0 Å². The molecule has 4 rings (SSSR count). The zero-order chi connectivity index (χ0) is 19.4. The summed E-state index contributed by atoms with van der Waals surface area (Å²) in [7, 11) is -1.58. The quantitative estimate of drug-likeness (QED) is 0.622. The third-order valence-electron chi connectivity index (χ3n) is 7.79. The molecule has 0 radical (unpaired) electrons. The topological polar surface area (TPSA) is 15.3 Å². The Bertz CT molecular complexity index is 621. The molecule has 3 aliphatic carbocycles. The molecule has 0 bridgehead atoms. The van der Waals surface area contributed by atoms with Gasteiger partial charge in [-0.05, 0) is 107 Å². The van der Waals surface area contributed by atoms with Gasteiger partial charge in [-0.3, -0.25) is 4.90 Å². The Morgan fingerprint density at radius 2 is 1.48 bits per heavy atom. The lowest BCUT2D eigenvalue weighted by Gasteiger charge is -2.42. The molecule has 2 nitrogen and oxygen atoms in total. The Hall–Kier alpha value is -0.383. The van der Waals surface area contributed by atoms with Crippen LogP contribution in [0.2, 0.25) is 18.6 Å². The van der Waals surface area contributed by atoms with Crippen molar-refractivity contribution in [3.63, 3.8) is 0 Å². The predicted octanol–water partition coefficient (Wildman–Crippen LogP) is 5.74. The minimum Gasteiger partial charge on any atom is -0.332 e. The SMILES string of the molecule is CC1C(N2CCCC2)C2C=C3CCCCC3=CC2C1[Si](C)(C)NC(C)(C)C. The molecule has 0 amide bonds. The zero-order valence-corrected chi connectivity index (χ0v) is 19.6. The zero-order valence-electron chi connectivity index (χ0n) is 18.6. The molecule has 5 unspecified atom stereocenters. The van der Waals surface area contributed by atoms with Crippen LogP contribution in [0.25, 0.3) is 0 Å². The fourth-order valence-electron chi connectivity index (χ4n) is 7.41. The number of nitrogens with one attached hydrogen (secondary N) is 1. The first-order chi connectivity index (χ1) is 12.7. The molecule has 0 spiro atoms. The molecule has 3 fully saturated rings. The maximum absolute atomic E-state index is 4.15. The summed E-state index contributed by atoms with van der Waals surface area (Å²) >= 11 is 0. The average Bonchev–Trinajstić information content (AvgIpc) is 3.15. The standard InChI is InChI=1S/C24H42N2Si/c1-17-22(26-13-9-10-14-26)20-15-18-11-7-8-12-19(18)16-21(20)23(17)27(5,6)25-24(2,3)4/h15-17,20-23,25H,7-14H2,1-6H3. The number of rotatable bonds is 3. The van der Waals surface area contributed by atoms with Crippen LogP contribution >= 0.6 is 0 Å². The summed E-state index contributed by atoms with van der Waals surface area (Å²) in [6, 6.07) is 0.767. The maximum atomic E-state index is 4.15. The highest BCUT2D eigenvalue weighted by Crippen LogP contribution is 2.56. The molecule has 0 aromatic rings. The van der Waals surface area contributed by atoms with Crippen LogP contribution in [0.5, 0.6) is 0 Å². The highest BCUT2D eigenvalue weighted by Gasteiger charge is 2.56. The Labute approximate surface area is 169 Å². The van der Waals surface area contributed by atoms with Gasteiger partial charge in [0.05, 0.1) is 0 Å². The number of hydrogen-bond donors (Lipinski definition) is 1. The monoisotopic (exact) mass is 386 g/mol. The molecule has 0 aromatic carbocycles. The van der Waals surface area contributed by atoms with Crippen molar-refractivity contribution in [2.45, 2.75) is 96.4 Å². The van der Waals surface area contributed by atoms with Gasteiger partial charge < -0.3 is 4.98 Å². The van der Waals surface area contributed by atoms with Gasteiger partial charge in [0, 0.05) is 11.6 Å². The lowest BCUT2D eigenvalue weighted by molar-refractivity contribution is 0.176. The Balaban J connectivity index is 1.71. The average molecular weight is 387 g/mol. The summed E-state index contributed by atoms with van der Waals surface area (Å²) in [4.78, 5) is 7.03. The lowest BCUT2D eigenvalue weighted by Crippen LogP contribution is -2.59. The van der Waals surface area contributed by atoms with Gasteiger partial charge in [-0.25, -0.2) is 0 Å². The molecule has 1 N–H and O–H groups in total. The van der Waals surface area contributed by atoms with E-state index >= 15 is 0 Å². The molecule has 0 aromatic heterocycles. The summed E-state index contributed by atoms with van der Waals surface area (Å²) in [6.07, 6.45) is 13.8. The number of hydrogen-bond acceptors (Lipinski definition) is 2. The third kappa shape index (κ3) is 3.76. The number of likely N-dealkylation sites (tertiary alicyclic amines) is 1. The second-order valence-corrected chi connectivity index (χ2v) is 15.8. The first kappa shape index (κ1) is 19.9. The predicted molar refractivity (Wildman–Crippen MR) is 119 cm³/mol. The van der Waals surface area contributed by atoms with E-state index in [0.29, 0.717) is 0 Å². The van der Waals surface area contributed by atoms with Crippen LogP contribution in [0, 0.1) is 17.8 Å². The molecule has 4 aliphatic rings. The first-order valence-corrected chi connectivity index (χ1v) is 14.7. The van der Waals surface area contributed by atoms with E-state index in [4.69, 9.17) is 0 Å². The summed E-state index contributed by atoms with van der Waals surface area (Å²) in [5.41, 5.74) is 4.49. The van der Waals surface area contributed by atoms with E-state index in [-0.39, 0.29) is 5.54 Å². The van der Waals surface area contributed by atoms with Crippen LogP contribution in [-0.2, 0) is 0 Å². The van der Waals surface area contributed by atoms with Gasteiger partial charge in [0.15, 0.2) is 0 Å². The van der Waals surface area contributed by atoms with Crippen molar-refractivity contribution in [3.8, 4) is 0 Å². The second-order valence-electron chi connectivity index (χ2n) is 11.5. The molecule has 1 saturated heterocycles. The van der Waals surface area contributed by atoms with Gasteiger partial charge in [-0.2, -0.15) is 0 Å². The summed E-state index contributed by atoms with van der Waals surface area (Å²) in [6.45, 7) is 17.6. The van der Waals surface area contributed by atoms with Crippen molar-refractivity contribution < 1.29 is 0 Å². The Kier molecular flexibility index (Phi) is 5.27. The first-order valence-electron chi connectivity index (χ1n) is 11.6. The molecule has 27 heavy (non-hydrogen) atoms. The van der Waals surface area contributed by atoms with Crippen LogP contribution in [0.1, 0.15) is 66.2 Å². The van der Waals surface area contributed by atoms with E-state index in [9.17, 15) is 0 Å². The molecule has 2 saturated carbocycles. The van der Waals surface area contributed by atoms with Crippen molar-refractivity contribution in [2.75, 3.05) is 13.1 Å². The normalized spacial score (nSPS) is 37.6. The van der Waals surface area contributed by atoms with E-state index in [2.05, 4.69) is 62.8 Å². The van der Waals surface area contributed by atoms with E-state index < -0.39 is 8.24 Å². The van der Waals surface area contributed by atoms with Crippen molar-refractivity contribution in [1.82, 2.24) is 9.88 Å². The van der Waals surface area contributed by atoms with E-state index in [1.807, 2.05) is 0 Å². The second kappa shape index (κ2) is 7.14. The number of allylic oxidation sites excluding steroid dienone is 3. The van der Waals surface area contributed by atoms with Gasteiger partial charge in [0.25, 0.3) is 0 Å². The van der Waals surface area contributed by atoms with Crippen molar-refractivity contribution in [3.05, 3.63) is 23.3 Å². The van der Waals surface area contributed by atoms with E-state index in [0.717, 1.165) is 29.3 Å². The Morgan fingerprint density at radius 1 is 0.926 bits per heavy atom. The van der Waals surface area contributed by atoms with Gasteiger partial charge >= 0.3 is 0 Å². The molecule has 5 atom stereocenters. The minimum atomic E-state index is -1.58. The molecular weight excluding hydrogens is 344 g/mol. The smallest absolute Gasteiger partial charge is 0.123 e. The van der Waals surface area contributed by atoms with Gasteiger partial charge in [0.1, 0.15) is 8.24 Å². The van der Waals surface area contributed by atoms with Gasteiger partial charge in [-0.1, -0.05) is 32.2 Å². The molecule has 152 valence electrons. The van der Waals surface area contributed by atoms with Crippen LogP contribution in [0.15, 0.2) is 23.3 Å². The fourth-order valence-corrected chi connectivity index (χ4v) is 12.3. The van der Waals surface area contributed by atoms with Crippen LogP contribution in [0.4, 0.5) is 0 Å². The summed E-state index contributed by atoms with van der Waals surface area (Å²) in [5, 5.41) is 0. The molecule has 1 heterocycles. The number of nitrogens with zero attached hydrogens (tertiary/aromatic N) is 1. The highest BCUT2D eigenvalue weighted by molar-refractivity contribution is 6.76. The van der Waals surface area contributed by atoms with E-state index in [1.54, 1.807) is 11.1 Å². The van der Waals surface area contributed by atoms with Gasteiger partial charge in [-0.15, -0.1) is 0 Å². The third-order valence-corrected chi connectivity index (χ3v) is 11.8. The maximum Gasteiger partial charge on any atom is 0.123 e. The van der Waals surface area contributed by atoms with Crippen molar-refractivity contribution >= 4 is 8.24 Å². The van der Waals surface area contributed by atoms with Crippen molar-refractivity contribution in [2.24, 2.45) is 17.8 Å². The van der Waals surface area contributed by atoms with E-state index in [1.165, 1.54) is 51.6 Å². The number of fused-ring (bicyclic) bond motifs is 2. The minimum absolute atomic E-state index is 0.213. The largest absolute Gasteiger partial charge is 0.332 e. The lowest BCUT2D eigenvalue weighted by atomic mass is 9.77. The fraction of sp³-hybridized carbons (Fsp3) is 0.833. The van der Waals surface area contributed by atoms with Crippen LogP contribution in [0.3, 0.4) is 0 Å². The molecule has 3 heteroatoms. The summed E-state index contributed by atoms with van der Waals surface area (Å²) < 4.78 is 0. The Morgan fingerprint density at radius 3 is 2.04 bits per heavy atom. The molecular formula is C24H42N2Si. The van der Waals surface area contributed by atoms with Crippen LogP contribution < -0.4 is 4.98 Å². The molecule has 1 aliphatic heterocycles. The highest BCUT2D eigenvalue weighted by atomic mass is 28.3. The van der Waals surface area contributed by atoms with Crippen LogP contribution in [-0.4, -0.2) is 37.8 Å². The van der Waals surface area contributed by atoms with Crippen molar-refractivity contribution in [1.29, 1.82) is 0 Å². The summed E-state index contributed by atoms with van der Waals surface area (Å²) in [5.74, 6) is 2.32.